The molecule has 2 fully saturated rings. The number of benzene rings is 1. The zero-order valence-electron chi connectivity index (χ0n) is 23.9. The van der Waals surface area contributed by atoms with Crippen molar-refractivity contribution in [1.82, 2.24) is 20.2 Å². The molecule has 0 bridgehead atoms. The molecule has 2 saturated heterocycles. The van der Waals surface area contributed by atoms with Crippen molar-refractivity contribution < 1.29 is 32.2 Å². The average Bonchev–Trinajstić information content (AvgIpc) is 3.43. The van der Waals surface area contributed by atoms with Crippen LogP contribution in [0.2, 0.25) is 0 Å². The smallest absolute Gasteiger partial charge is 0.451 e. The molecule has 0 aliphatic carbocycles. The molecule has 2 aliphatic heterocycles. The van der Waals surface area contributed by atoms with Crippen LogP contribution in [0.1, 0.15) is 63.4 Å². The lowest BCUT2D eigenvalue weighted by Crippen LogP contribution is -2.44. The second-order valence-corrected chi connectivity index (χ2v) is 11.4. The molecule has 226 valence electrons. The Morgan fingerprint density at radius 3 is 2.38 bits per heavy atom. The Morgan fingerprint density at radius 2 is 1.76 bits per heavy atom. The molecule has 1 aromatic carbocycles. The van der Waals surface area contributed by atoms with E-state index in [1.807, 2.05) is 12.1 Å². The summed E-state index contributed by atoms with van der Waals surface area (Å²) >= 11 is 0. The number of hydrogen-bond donors (Lipinski definition) is 1. The highest BCUT2D eigenvalue weighted by Crippen LogP contribution is 2.33. The maximum absolute atomic E-state index is 13.8. The van der Waals surface area contributed by atoms with Gasteiger partial charge in [0, 0.05) is 45.1 Å². The summed E-state index contributed by atoms with van der Waals surface area (Å²) in [5.41, 5.74) is 0.856. The molecular weight excluding hydrogens is 553 g/mol. The summed E-state index contributed by atoms with van der Waals surface area (Å²) in [6.45, 7) is 6.69. The van der Waals surface area contributed by atoms with Gasteiger partial charge in [0.2, 0.25) is 17.6 Å². The number of rotatable bonds is 7. The van der Waals surface area contributed by atoms with Gasteiger partial charge in [0.25, 0.3) is 0 Å². The molecule has 1 N–H and O–H groups in total. The van der Waals surface area contributed by atoms with Crippen LogP contribution in [0.25, 0.3) is 0 Å². The minimum Gasteiger partial charge on any atom is -0.474 e. The number of aromatic nitrogens is 2. The number of nitriles is 1. The lowest BCUT2D eigenvalue weighted by Gasteiger charge is -2.33. The first kappa shape index (κ1) is 30.9. The van der Waals surface area contributed by atoms with Crippen LogP contribution in [0.4, 0.5) is 23.8 Å². The molecule has 4 rings (SSSR count). The zero-order chi connectivity index (χ0) is 30.5. The van der Waals surface area contributed by atoms with Gasteiger partial charge in [-0.25, -0.2) is 9.78 Å². The van der Waals surface area contributed by atoms with E-state index in [0.29, 0.717) is 63.8 Å². The van der Waals surface area contributed by atoms with Crippen LogP contribution in [0.5, 0.6) is 5.88 Å². The number of hydrogen-bond acceptors (Lipinski definition) is 8. The lowest BCUT2D eigenvalue weighted by atomic mass is 10.1. The molecule has 10 nitrogen and oxygen atoms in total. The molecular formula is C29H35F3N6O4. The number of amides is 2. The predicted molar refractivity (Wildman–Crippen MR) is 147 cm³/mol. The first-order valence-corrected chi connectivity index (χ1v) is 14.0. The van der Waals surface area contributed by atoms with E-state index in [2.05, 4.69) is 21.4 Å². The van der Waals surface area contributed by atoms with Gasteiger partial charge in [-0.3, -0.25) is 4.79 Å². The standard InChI is InChI=1S/C29H35F3N6O4/c1-28(2,3)42-27(40)37-15-11-21(12-16-37)41-24-17-23(35-26(36-24)29(30,31)32)38-14-4-5-22(38)25(39)34-13-10-19-6-8-20(18-33)9-7-19/h6-9,17,21-22H,4-5,10-16H2,1-3H3,(H,34,39)/t22-/m0/s1. The van der Waals surface area contributed by atoms with E-state index >= 15 is 0 Å². The number of alkyl halides is 3. The molecule has 2 amide bonds. The number of piperidine rings is 1. The number of likely N-dealkylation sites (tertiary alicyclic amines) is 1. The van der Waals surface area contributed by atoms with E-state index in [0.717, 1.165) is 5.56 Å². The van der Waals surface area contributed by atoms with Gasteiger partial charge in [-0.2, -0.15) is 23.4 Å². The molecule has 0 radical (unpaired) electrons. The Kier molecular flexibility index (Phi) is 9.43. The molecule has 3 heterocycles. The van der Waals surface area contributed by atoms with E-state index in [-0.39, 0.29) is 17.6 Å². The van der Waals surface area contributed by atoms with Crippen LogP contribution in [0, 0.1) is 11.3 Å². The van der Waals surface area contributed by atoms with Crippen molar-refractivity contribution in [2.24, 2.45) is 0 Å². The van der Waals surface area contributed by atoms with Gasteiger partial charge in [0.05, 0.1) is 11.6 Å². The summed E-state index contributed by atoms with van der Waals surface area (Å²) in [5, 5.41) is 11.8. The third-order valence-corrected chi connectivity index (χ3v) is 6.97. The van der Waals surface area contributed by atoms with Crippen LogP contribution in [-0.4, -0.2) is 70.8 Å². The maximum Gasteiger partial charge on any atom is 0.451 e. The van der Waals surface area contributed by atoms with Gasteiger partial charge in [-0.1, -0.05) is 12.1 Å². The quantitative estimate of drug-likeness (QED) is 0.503. The van der Waals surface area contributed by atoms with Crippen molar-refractivity contribution >= 4 is 17.8 Å². The van der Waals surface area contributed by atoms with E-state index in [4.69, 9.17) is 14.7 Å². The summed E-state index contributed by atoms with van der Waals surface area (Å²) < 4.78 is 52.6. The van der Waals surface area contributed by atoms with Gasteiger partial charge >= 0.3 is 12.3 Å². The first-order chi connectivity index (χ1) is 19.8. The van der Waals surface area contributed by atoms with Crippen molar-refractivity contribution in [2.75, 3.05) is 31.1 Å². The van der Waals surface area contributed by atoms with Gasteiger partial charge in [-0.15, -0.1) is 0 Å². The summed E-state index contributed by atoms with van der Waals surface area (Å²) in [7, 11) is 0. The third kappa shape index (κ3) is 8.24. The number of halogens is 3. The monoisotopic (exact) mass is 588 g/mol. The zero-order valence-corrected chi connectivity index (χ0v) is 23.9. The topological polar surface area (TPSA) is 121 Å². The van der Waals surface area contributed by atoms with E-state index in [1.165, 1.54) is 6.07 Å². The number of ether oxygens (including phenoxy) is 2. The molecule has 1 atom stereocenters. The van der Waals surface area contributed by atoms with Crippen LogP contribution in [-0.2, 0) is 22.1 Å². The summed E-state index contributed by atoms with van der Waals surface area (Å²) in [6.07, 6.45) is -3.30. The van der Waals surface area contributed by atoms with E-state index in [1.54, 1.807) is 42.7 Å². The van der Waals surface area contributed by atoms with Crippen molar-refractivity contribution in [2.45, 2.75) is 76.8 Å². The maximum atomic E-state index is 13.8. The normalized spacial score (nSPS) is 18.0. The fraction of sp³-hybridized carbons (Fsp3) is 0.552. The van der Waals surface area contributed by atoms with Crippen molar-refractivity contribution in [3.8, 4) is 11.9 Å². The molecule has 2 aliphatic rings. The Labute approximate surface area is 242 Å². The number of nitrogens with one attached hydrogen (secondary N) is 1. The third-order valence-electron chi connectivity index (χ3n) is 6.97. The van der Waals surface area contributed by atoms with E-state index < -0.39 is 35.8 Å². The van der Waals surface area contributed by atoms with Crippen LogP contribution in [0.3, 0.4) is 0 Å². The van der Waals surface area contributed by atoms with Crippen molar-refractivity contribution in [1.29, 1.82) is 5.26 Å². The Morgan fingerprint density at radius 1 is 1.07 bits per heavy atom. The first-order valence-electron chi connectivity index (χ1n) is 14.0. The number of anilines is 1. The van der Waals surface area contributed by atoms with E-state index in [9.17, 15) is 22.8 Å². The Balaban J connectivity index is 1.41. The van der Waals surface area contributed by atoms with Crippen LogP contribution in [0.15, 0.2) is 30.3 Å². The molecule has 0 unspecified atom stereocenters. The molecule has 2 aromatic rings. The molecule has 0 saturated carbocycles. The SMILES string of the molecule is CC(C)(C)OC(=O)N1CCC(Oc2cc(N3CCC[C@H]3C(=O)NCCc3ccc(C#N)cc3)nc(C(F)(F)F)n2)CC1. The number of nitrogens with zero attached hydrogens (tertiary/aromatic N) is 5. The van der Waals surface area contributed by atoms with Gasteiger partial charge in [0.1, 0.15) is 23.6 Å². The molecule has 13 heteroatoms. The summed E-state index contributed by atoms with van der Waals surface area (Å²) in [6, 6.07) is 9.74. The van der Waals surface area contributed by atoms with Crippen molar-refractivity contribution in [3.63, 3.8) is 0 Å². The van der Waals surface area contributed by atoms with Crippen LogP contribution < -0.4 is 15.0 Å². The minimum absolute atomic E-state index is 0.0248. The fourth-order valence-electron chi connectivity index (χ4n) is 4.91. The summed E-state index contributed by atoms with van der Waals surface area (Å²) in [5.74, 6) is -1.89. The highest BCUT2D eigenvalue weighted by atomic mass is 19.4. The van der Waals surface area contributed by atoms with Crippen molar-refractivity contribution in [3.05, 3.63) is 47.3 Å². The molecule has 1 aromatic heterocycles. The molecule has 0 spiro atoms. The summed E-state index contributed by atoms with van der Waals surface area (Å²) in [4.78, 5) is 35.9. The minimum atomic E-state index is -4.81. The Hall–Kier alpha value is -4.08. The average molecular weight is 589 g/mol. The Bertz CT molecular complexity index is 1300. The second-order valence-electron chi connectivity index (χ2n) is 11.4. The number of carbonyl (C=O) groups is 2. The largest absolute Gasteiger partial charge is 0.474 e. The van der Waals surface area contributed by atoms with Gasteiger partial charge in [0.15, 0.2) is 0 Å². The number of carbonyl (C=O) groups excluding carboxylic acids is 2. The predicted octanol–water partition coefficient (Wildman–Crippen LogP) is 4.47. The fourth-order valence-corrected chi connectivity index (χ4v) is 4.91. The van der Waals surface area contributed by atoms with Gasteiger partial charge < -0.3 is 24.6 Å². The highest BCUT2D eigenvalue weighted by Gasteiger charge is 2.39. The lowest BCUT2D eigenvalue weighted by molar-refractivity contribution is -0.145. The van der Waals surface area contributed by atoms with Gasteiger partial charge in [-0.05, 0) is 57.7 Å². The highest BCUT2D eigenvalue weighted by molar-refractivity contribution is 5.85. The van der Waals surface area contributed by atoms with Crippen LogP contribution >= 0.6 is 0 Å². The molecule has 42 heavy (non-hydrogen) atoms. The second kappa shape index (κ2) is 12.8.